The van der Waals surface area contributed by atoms with Gasteiger partial charge >= 0.3 is 0 Å². The standard InChI is InChI=1S/C13H18FOSi/c1-3-13(4-2,15-16)9-8-11-6-5-7-12(14)10-11/h5-7,10H,3-4,8-9H2,1-2H3. The Morgan fingerprint density at radius 2 is 2.00 bits per heavy atom. The Kier molecular flexibility index (Phi) is 5.15. The summed E-state index contributed by atoms with van der Waals surface area (Å²) in [5.74, 6) is -0.171. The summed E-state index contributed by atoms with van der Waals surface area (Å²) >= 11 is 0. The van der Waals surface area contributed by atoms with Crippen LogP contribution in [0.15, 0.2) is 24.3 Å². The van der Waals surface area contributed by atoms with E-state index in [1.807, 2.05) is 6.07 Å². The first kappa shape index (κ1) is 13.4. The maximum Gasteiger partial charge on any atom is 0.247 e. The van der Waals surface area contributed by atoms with E-state index in [-0.39, 0.29) is 11.4 Å². The van der Waals surface area contributed by atoms with Gasteiger partial charge in [-0.25, -0.2) is 4.39 Å². The first-order valence-corrected chi connectivity index (χ1v) is 6.16. The molecule has 0 aliphatic carbocycles. The molecule has 0 atom stereocenters. The van der Waals surface area contributed by atoms with Crippen molar-refractivity contribution in [3.8, 4) is 0 Å². The van der Waals surface area contributed by atoms with Gasteiger partial charge in [0, 0.05) is 0 Å². The molecule has 0 N–H and O–H groups in total. The molecule has 0 aliphatic heterocycles. The molecule has 0 spiro atoms. The van der Waals surface area contributed by atoms with E-state index in [0.29, 0.717) is 0 Å². The molecule has 1 rings (SSSR count). The molecule has 0 saturated carbocycles. The van der Waals surface area contributed by atoms with Crippen molar-refractivity contribution in [2.45, 2.75) is 45.1 Å². The average molecular weight is 237 g/mol. The SMILES string of the molecule is CCC(CC)(CCc1cccc(F)c1)O[Si]. The molecule has 0 aromatic heterocycles. The lowest BCUT2D eigenvalue weighted by Gasteiger charge is -2.30. The van der Waals surface area contributed by atoms with Crippen molar-refractivity contribution in [2.75, 3.05) is 0 Å². The van der Waals surface area contributed by atoms with Gasteiger partial charge in [-0.1, -0.05) is 26.0 Å². The van der Waals surface area contributed by atoms with Crippen LogP contribution in [0.1, 0.15) is 38.7 Å². The van der Waals surface area contributed by atoms with Crippen LogP contribution in [0.4, 0.5) is 4.39 Å². The summed E-state index contributed by atoms with van der Waals surface area (Å²) in [4.78, 5) is 0. The van der Waals surface area contributed by atoms with E-state index in [1.165, 1.54) is 6.07 Å². The number of aryl methyl sites for hydroxylation is 1. The van der Waals surface area contributed by atoms with Gasteiger partial charge in [0.05, 0.1) is 5.60 Å². The van der Waals surface area contributed by atoms with Gasteiger partial charge in [0.15, 0.2) is 0 Å². The van der Waals surface area contributed by atoms with Crippen molar-refractivity contribution in [1.82, 2.24) is 0 Å². The molecule has 1 nitrogen and oxygen atoms in total. The minimum Gasteiger partial charge on any atom is -0.413 e. The van der Waals surface area contributed by atoms with Crippen LogP contribution in [0.3, 0.4) is 0 Å². The van der Waals surface area contributed by atoms with Crippen LogP contribution in [0, 0.1) is 5.82 Å². The van der Waals surface area contributed by atoms with Gasteiger partial charge < -0.3 is 4.43 Å². The van der Waals surface area contributed by atoms with Gasteiger partial charge in [-0.3, -0.25) is 0 Å². The van der Waals surface area contributed by atoms with E-state index in [0.717, 1.165) is 31.2 Å². The molecule has 3 radical (unpaired) electrons. The predicted octanol–water partition coefficient (Wildman–Crippen LogP) is 3.42. The fraction of sp³-hybridized carbons (Fsp3) is 0.538. The molecular weight excluding hydrogens is 219 g/mol. The van der Waals surface area contributed by atoms with Gasteiger partial charge in [0.25, 0.3) is 0 Å². The van der Waals surface area contributed by atoms with E-state index in [4.69, 9.17) is 4.43 Å². The summed E-state index contributed by atoms with van der Waals surface area (Å²) in [6.45, 7) is 4.21. The third kappa shape index (κ3) is 3.42. The van der Waals surface area contributed by atoms with Gasteiger partial charge in [-0.15, -0.1) is 0 Å². The fourth-order valence-electron chi connectivity index (χ4n) is 1.86. The highest BCUT2D eigenvalue weighted by atomic mass is 28.2. The van der Waals surface area contributed by atoms with Crippen LogP contribution in [0.25, 0.3) is 0 Å². The third-order valence-electron chi connectivity index (χ3n) is 3.26. The van der Waals surface area contributed by atoms with Crippen LogP contribution in [-0.4, -0.2) is 16.1 Å². The zero-order chi connectivity index (χ0) is 12.0. The van der Waals surface area contributed by atoms with Crippen LogP contribution in [-0.2, 0) is 10.8 Å². The highest BCUT2D eigenvalue weighted by molar-refractivity contribution is 5.98. The summed E-state index contributed by atoms with van der Waals surface area (Å²) in [6.07, 6.45) is 3.63. The van der Waals surface area contributed by atoms with Crippen molar-refractivity contribution in [3.63, 3.8) is 0 Å². The maximum absolute atomic E-state index is 13.0. The Morgan fingerprint density at radius 1 is 1.31 bits per heavy atom. The number of rotatable bonds is 6. The predicted molar refractivity (Wildman–Crippen MR) is 64.9 cm³/mol. The monoisotopic (exact) mass is 237 g/mol. The Hall–Kier alpha value is -0.673. The van der Waals surface area contributed by atoms with E-state index in [9.17, 15) is 4.39 Å². The van der Waals surface area contributed by atoms with Crippen LogP contribution < -0.4 is 0 Å². The lowest BCUT2D eigenvalue weighted by atomic mass is 9.90. The summed E-state index contributed by atoms with van der Waals surface area (Å²) in [5.41, 5.74) is 0.887. The van der Waals surface area contributed by atoms with Gasteiger partial charge in [0.1, 0.15) is 5.82 Å². The second-order valence-electron chi connectivity index (χ2n) is 4.12. The summed E-state index contributed by atoms with van der Waals surface area (Å²) in [7, 11) is 3.16. The minimum atomic E-state index is -0.171. The fourth-order valence-corrected chi connectivity index (χ4v) is 2.25. The zero-order valence-corrected chi connectivity index (χ0v) is 10.9. The second kappa shape index (κ2) is 6.16. The Morgan fingerprint density at radius 3 is 2.50 bits per heavy atom. The third-order valence-corrected chi connectivity index (χ3v) is 3.70. The molecule has 16 heavy (non-hydrogen) atoms. The van der Waals surface area contributed by atoms with Crippen LogP contribution in [0.2, 0.25) is 0 Å². The van der Waals surface area contributed by atoms with E-state index in [1.54, 1.807) is 12.1 Å². The number of halogens is 1. The summed E-state index contributed by atoms with van der Waals surface area (Å²) in [6, 6.07) is 6.76. The van der Waals surface area contributed by atoms with E-state index >= 15 is 0 Å². The Bertz CT molecular complexity index is 315. The Balaban J connectivity index is 2.62. The topological polar surface area (TPSA) is 9.23 Å². The number of hydrogen-bond donors (Lipinski definition) is 0. The first-order chi connectivity index (χ1) is 7.65. The average Bonchev–Trinajstić information content (AvgIpc) is 2.32. The van der Waals surface area contributed by atoms with Crippen molar-refractivity contribution in [1.29, 1.82) is 0 Å². The van der Waals surface area contributed by atoms with Crippen molar-refractivity contribution in [2.24, 2.45) is 0 Å². The van der Waals surface area contributed by atoms with Gasteiger partial charge in [-0.2, -0.15) is 0 Å². The van der Waals surface area contributed by atoms with Crippen molar-refractivity contribution >= 4 is 10.5 Å². The highest BCUT2D eigenvalue weighted by Crippen LogP contribution is 2.25. The summed E-state index contributed by atoms with van der Waals surface area (Å²) in [5, 5.41) is 0. The molecule has 0 bridgehead atoms. The highest BCUT2D eigenvalue weighted by Gasteiger charge is 2.24. The molecule has 0 amide bonds. The molecule has 0 unspecified atom stereocenters. The molecule has 0 fully saturated rings. The van der Waals surface area contributed by atoms with Crippen LogP contribution >= 0.6 is 0 Å². The van der Waals surface area contributed by atoms with Crippen molar-refractivity contribution < 1.29 is 8.82 Å². The molecule has 87 valence electrons. The molecule has 1 aromatic rings. The number of benzene rings is 1. The van der Waals surface area contributed by atoms with E-state index < -0.39 is 0 Å². The molecule has 0 heterocycles. The molecular formula is C13H18FOSi. The smallest absolute Gasteiger partial charge is 0.247 e. The maximum atomic E-state index is 13.0. The Labute approximate surface area is 101 Å². The quantitative estimate of drug-likeness (QED) is 0.689. The zero-order valence-electron chi connectivity index (χ0n) is 9.92. The second-order valence-corrected chi connectivity index (χ2v) is 4.33. The normalized spacial score (nSPS) is 11.8. The summed E-state index contributed by atoms with van der Waals surface area (Å²) < 4.78 is 18.4. The molecule has 3 heteroatoms. The lowest BCUT2D eigenvalue weighted by molar-refractivity contribution is 0.0616. The minimum absolute atomic E-state index is 0.136. The van der Waals surface area contributed by atoms with Crippen molar-refractivity contribution in [3.05, 3.63) is 35.6 Å². The number of hydrogen-bond acceptors (Lipinski definition) is 1. The lowest BCUT2D eigenvalue weighted by Crippen LogP contribution is -2.30. The first-order valence-electron chi connectivity index (χ1n) is 5.75. The molecule has 1 aromatic carbocycles. The largest absolute Gasteiger partial charge is 0.413 e. The van der Waals surface area contributed by atoms with Crippen LogP contribution in [0.5, 0.6) is 0 Å². The molecule has 0 aliphatic rings. The van der Waals surface area contributed by atoms with Gasteiger partial charge in [0.2, 0.25) is 10.5 Å². The molecule has 0 saturated heterocycles. The van der Waals surface area contributed by atoms with Gasteiger partial charge in [-0.05, 0) is 43.4 Å². The van der Waals surface area contributed by atoms with E-state index in [2.05, 4.69) is 24.3 Å².